The van der Waals surface area contributed by atoms with Crippen LogP contribution in [0.4, 0.5) is 0 Å². The fourth-order valence-electron chi connectivity index (χ4n) is 2.48. The summed E-state index contributed by atoms with van der Waals surface area (Å²) < 4.78 is 5.48. The third kappa shape index (κ3) is 3.64. The first-order valence-corrected chi connectivity index (χ1v) is 8.59. The summed E-state index contributed by atoms with van der Waals surface area (Å²) in [6.07, 6.45) is 0. The van der Waals surface area contributed by atoms with E-state index in [0.29, 0.717) is 11.9 Å². The molecule has 1 atom stereocenters. The van der Waals surface area contributed by atoms with Crippen LogP contribution in [0.5, 0.6) is 0 Å². The smallest absolute Gasteiger partial charge is 0.123 e. The minimum atomic E-state index is 0.476. The molecule has 2 heterocycles. The molecule has 0 aliphatic carbocycles. The quantitative estimate of drug-likeness (QED) is 0.801. The van der Waals surface area contributed by atoms with E-state index in [9.17, 15) is 0 Å². The van der Waals surface area contributed by atoms with Gasteiger partial charge in [-0.15, -0.1) is 22.9 Å². The monoisotopic (exact) mass is 322 g/mol. The van der Waals surface area contributed by atoms with E-state index >= 15 is 0 Å². The number of ether oxygens (including phenoxy) is 1. The Hall–Kier alpha value is -0.940. The summed E-state index contributed by atoms with van der Waals surface area (Å²) in [6.45, 7) is 5.88. The van der Waals surface area contributed by atoms with Gasteiger partial charge in [-0.2, -0.15) is 0 Å². The second-order valence-corrected chi connectivity index (χ2v) is 6.49. The number of halogens is 1. The molecule has 1 fully saturated rings. The molecule has 0 bridgehead atoms. The highest BCUT2D eigenvalue weighted by Gasteiger charge is 2.18. The van der Waals surface area contributed by atoms with Crippen molar-refractivity contribution in [1.29, 1.82) is 0 Å². The van der Waals surface area contributed by atoms with Crippen molar-refractivity contribution >= 4 is 22.9 Å². The lowest BCUT2D eigenvalue weighted by atomic mass is 10.1. The number of benzene rings is 1. The van der Waals surface area contributed by atoms with Crippen LogP contribution < -0.4 is 0 Å². The SMILES string of the molecule is C[C@@H]1COCCN1Cc1ccc(-c2nc(CCl)cs2)cc1. The minimum Gasteiger partial charge on any atom is -0.379 e. The van der Waals surface area contributed by atoms with Crippen molar-refractivity contribution in [3.8, 4) is 10.6 Å². The fourth-order valence-corrected chi connectivity index (χ4v) is 3.54. The van der Waals surface area contributed by atoms with Crippen LogP contribution in [-0.2, 0) is 17.2 Å². The predicted octanol–water partition coefficient (Wildman–Crippen LogP) is 3.77. The molecule has 0 N–H and O–H groups in total. The molecule has 0 amide bonds. The van der Waals surface area contributed by atoms with Crippen LogP contribution in [0.1, 0.15) is 18.2 Å². The van der Waals surface area contributed by atoms with Crippen molar-refractivity contribution in [2.75, 3.05) is 19.8 Å². The van der Waals surface area contributed by atoms with Gasteiger partial charge in [-0.05, 0) is 12.5 Å². The van der Waals surface area contributed by atoms with Gasteiger partial charge < -0.3 is 4.74 Å². The number of aromatic nitrogens is 1. The zero-order valence-corrected chi connectivity index (χ0v) is 13.7. The van der Waals surface area contributed by atoms with E-state index in [1.807, 2.05) is 5.38 Å². The average Bonchev–Trinajstić information content (AvgIpc) is 2.99. The number of hydrogen-bond donors (Lipinski definition) is 0. The van der Waals surface area contributed by atoms with E-state index in [4.69, 9.17) is 16.3 Å². The zero-order valence-electron chi connectivity index (χ0n) is 12.1. The van der Waals surface area contributed by atoms with Gasteiger partial charge in [0.25, 0.3) is 0 Å². The lowest BCUT2D eigenvalue weighted by Crippen LogP contribution is -2.42. The summed E-state index contributed by atoms with van der Waals surface area (Å²) in [5, 5.41) is 3.06. The standard InChI is InChI=1S/C16H19ClN2OS/c1-12-10-20-7-6-19(12)9-13-2-4-14(5-3-13)16-18-15(8-17)11-21-16/h2-5,11-12H,6-10H2,1H3/t12-/m1/s1. The summed E-state index contributed by atoms with van der Waals surface area (Å²) in [4.78, 5) is 6.98. The van der Waals surface area contributed by atoms with E-state index in [1.54, 1.807) is 11.3 Å². The topological polar surface area (TPSA) is 25.4 Å². The first kappa shape index (κ1) is 15.0. The normalized spacial score (nSPS) is 19.8. The van der Waals surface area contributed by atoms with Gasteiger partial charge in [0.15, 0.2) is 0 Å². The second-order valence-electron chi connectivity index (χ2n) is 5.37. The summed E-state index contributed by atoms with van der Waals surface area (Å²) in [6, 6.07) is 9.18. The molecule has 0 spiro atoms. The highest BCUT2D eigenvalue weighted by Crippen LogP contribution is 2.25. The summed E-state index contributed by atoms with van der Waals surface area (Å²) in [7, 11) is 0. The molecule has 2 aromatic rings. The van der Waals surface area contributed by atoms with Crippen molar-refractivity contribution in [2.24, 2.45) is 0 Å². The molecule has 0 saturated carbocycles. The van der Waals surface area contributed by atoms with Crippen LogP contribution in [0.3, 0.4) is 0 Å². The molecule has 112 valence electrons. The lowest BCUT2D eigenvalue weighted by Gasteiger charge is -2.33. The van der Waals surface area contributed by atoms with Crippen molar-refractivity contribution in [3.63, 3.8) is 0 Å². The van der Waals surface area contributed by atoms with E-state index in [0.717, 1.165) is 42.6 Å². The van der Waals surface area contributed by atoms with Crippen LogP contribution in [-0.4, -0.2) is 35.7 Å². The average molecular weight is 323 g/mol. The Morgan fingerprint density at radius 3 is 2.86 bits per heavy atom. The molecule has 5 heteroatoms. The van der Waals surface area contributed by atoms with E-state index in [1.165, 1.54) is 5.56 Å². The third-order valence-corrected chi connectivity index (χ3v) is 4.99. The van der Waals surface area contributed by atoms with Gasteiger partial charge in [-0.3, -0.25) is 4.90 Å². The number of thiazole rings is 1. The number of alkyl halides is 1. The second kappa shape index (κ2) is 6.88. The summed E-state index contributed by atoms with van der Waals surface area (Å²) in [5.41, 5.74) is 3.44. The van der Waals surface area contributed by atoms with Gasteiger partial charge in [0.2, 0.25) is 0 Å². The predicted molar refractivity (Wildman–Crippen MR) is 87.8 cm³/mol. The van der Waals surface area contributed by atoms with Crippen molar-refractivity contribution in [3.05, 3.63) is 40.9 Å². The van der Waals surface area contributed by atoms with Crippen LogP contribution in [0, 0.1) is 0 Å². The van der Waals surface area contributed by atoms with E-state index < -0.39 is 0 Å². The first-order chi connectivity index (χ1) is 10.3. The summed E-state index contributed by atoms with van der Waals surface area (Å²) >= 11 is 7.45. The lowest BCUT2D eigenvalue weighted by molar-refractivity contribution is -0.00436. The number of rotatable bonds is 4. The fraction of sp³-hybridized carbons (Fsp3) is 0.438. The van der Waals surface area contributed by atoms with Crippen LogP contribution >= 0.6 is 22.9 Å². The molecule has 3 nitrogen and oxygen atoms in total. The van der Waals surface area contributed by atoms with Crippen molar-refractivity contribution in [1.82, 2.24) is 9.88 Å². The number of morpholine rings is 1. The van der Waals surface area contributed by atoms with E-state index in [-0.39, 0.29) is 0 Å². The Balaban J connectivity index is 1.68. The number of nitrogens with zero attached hydrogens (tertiary/aromatic N) is 2. The largest absolute Gasteiger partial charge is 0.379 e. The van der Waals surface area contributed by atoms with Gasteiger partial charge in [-0.25, -0.2) is 4.98 Å². The molecule has 1 aromatic carbocycles. The van der Waals surface area contributed by atoms with Gasteiger partial charge >= 0.3 is 0 Å². The highest BCUT2D eigenvalue weighted by atomic mass is 35.5. The van der Waals surface area contributed by atoms with Gasteiger partial charge in [0.05, 0.1) is 24.8 Å². The molecule has 1 aliphatic heterocycles. The molecule has 0 radical (unpaired) electrons. The van der Waals surface area contributed by atoms with Gasteiger partial charge in [0, 0.05) is 30.1 Å². The Bertz CT molecular complexity index is 584. The van der Waals surface area contributed by atoms with Crippen molar-refractivity contribution in [2.45, 2.75) is 25.4 Å². The maximum Gasteiger partial charge on any atom is 0.123 e. The molecule has 21 heavy (non-hydrogen) atoms. The van der Waals surface area contributed by atoms with Crippen LogP contribution in [0.15, 0.2) is 29.6 Å². The Morgan fingerprint density at radius 1 is 1.38 bits per heavy atom. The molecule has 1 aliphatic rings. The van der Waals surface area contributed by atoms with Crippen molar-refractivity contribution < 1.29 is 4.74 Å². The first-order valence-electron chi connectivity index (χ1n) is 7.18. The highest BCUT2D eigenvalue weighted by molar-refractivity contribution is 7.13. The minimum absolute atomic E-state index is 0.476. The van der Waals surface area contributed by atoms with Gasteiger partial charge in [-0.1, -0.05) is 24.3 Å². The maximum absolute atomic E-state index is 5.80. The third-order valence-electron chi connectivity index (χ3n) is 3.78. The summed E-state index contributed by atoms with van der Waals surface area (Å²) in [5.74, 6) is 0.476. The van der Waals surface area contributed by atoms with Crippen LogP contribution in [0.25, 0.3) is 10.6 Å². The van der Waals surface area contributed by atoms with Crippen LogP contribution in [0.2, 0.25) is 0 Å². The van der Waals surface area contributed by atoms with Gasteiger partial charge in [0.1, 0.15) is 5.01 Å². The molecular formula is C16H19ClN2OS. The molecule has 1 aromatic heterocycles. The molecule has 0 unspecified atom stereocenters. The zero-order chi connectivity index (χ0) is 14.7. The number of hydrogen-bond acceptors (Lipinski definition) is 4. The maximum atomic E-state index is 5.80. The molecular weight excluding hydrogens is 304 g/mol. The van der Waals surface area contributed by atoms with E-state index in [2.05, 4.69) is 41.1 Å². The Kier molecular flexibility index (Phi) is 4.91. The Morgan fingerprint density at radius 2 is 2.19 bits per heavy atom. The molecule has 1 saturated heterocycles. The Labute approximate surface area is 134 Å². The molecule has 3 rings (SSSR count).